The van der Waals surface area contributed by atoms with Crippen LogP contribution in [0.15, 0.2) is 231 Å². The number of hydrogen-bond donors (Lipinski definition) is 4. The third kappa shape index (κ3) is 38.6. The van der Waals surface area contributed by atoms with Gasteiger partial charge in [0.1, 0.15) is 124 Å². The van der Waals surface area contributed by atoms with Crippen LogP contribution in [0.2, 0.25) is 0 Å². The summed E-state index contributed by atoms with van der Waals surface area (Å²) in [4.78, 5) is 193. The minimum absolute atomic E-state index is 0.0208. The van der Waals surface area contributed by atoms with E-state index in [9.17, 15) is 103 Å². The van der Waals surface area contributed by atoms with E-state index < -0.39 is 122 Å². The van der Waals surface area contributed by atoms with Gasteiger partial charge in [0.2, 0.25) is 23.6 Å². The number of aryl methyl sites for hydroxylation is 1. The Balaban J connectivity index is 0.000000240. The number of rotatable bonds is 38. The number of esters is 4. The van der Waals surface area contributed by atoms with Crippen LogP contribution in [0.3, 0.4) is 0 Å². The van der Waals surface area contributed by atoms with Crippen molar-refractivity contribution >= 4 is 139 Å². The zero-order chi connectivity index (χ0) is 108. The summed E-state index contributed by atoms with van der Waals surface area (Å²) >= 11 is 2.62. The molecule has 0 bridgehead atoms. The van der Waals surface area contributed by atoms with Gasteiger partial charge in [-0.05, 0) is 248 Å². The number of ketones is 4. The van der Waals surface area contributed by atoms with Crippen molar-refractivity contribution < 1.29 is 155 Å². The third-order valence-electron chi connectivity index (χ3n) is 20.2. The molecule has 11 aromatic rings. The summed E-state index contributed by atoms with van der Waals surface area (Å²) < 4.78 is 142. The van der Waals surface area contributed by atoms with Crippen LogP contribution in [0.25, 0.3) is 33.4 Å². The summed E-state index contributed by atoms with van der Waals surface area (Å²) in [5.41, 5.74) is 3.92. The molecule has 41 heteroatoms. The largest absolute Gasteiger partial charge is 0.497 e. The standard InChI is InChI=1S/3C28H25F2NO7S.C22H23NO6S/c3*1-16(32)25(31-17(2)33)15-39-28(35)38-26-11-6-19(22-10-7-20(29)13-24(22)30)12-23(26)27(34)37-14-18-4-8-21(36-3)9-5-18;1-14-9-10-18(21(26)28-12-17-7-5-4-6-8-17)20(11-14)29-22(27)30-13-19(15(2)24)23-16(3)25/h3*4-13,25H,14-15H2,1-3H3,(H,31,33);4-11,19H,12-13H2,1-3H3,(H,23,25)/t2*25-;;/m10../s1. The molecule has 0 radical (unpaired) electrons. The number of methoxy groups -OCH3 is 3. The Morgan fingerprint density at radius 3 is 0.769 bits per heavy atom. The van der Waals surface area contributed by atoms with E-state index in [1.54, 1.807) is 91.9 Å². The fourth-order valence-corrected chi connectivity index (χ4v) is 15.7. The lowest BCUT2D eigenvalue weighted by atomic mass is 10.0. The first kappa shape index (κ1) is 116. The molecule has 0 saturated heterocycles. The molecule has 147 heavy (non-hydrogen) atoms. The van der Waals surface area contributed by atoms with Gasteiger partial charge in [0.25, 0.3) is 0 Å². The smallest absolute Gasteiger partial charge is 0.372 e. The van der Waals surface area contributed by atoms with Gasteiger partial charge in [-0.1, -0.05) is 91.0 Å². The quantitative estimate of drug-likeness (QED) is 0.0159. The molecule has 0 aliphatic heterocycles. The predicted molar refractivity (Wildman–Crippen MR) is 536 cm³/mol. The van der Waals surface area contributed by atoms with Crippen molar-refractivity contribution in [1.82, 2.24) is 21.3 Å². The number of hydrogen-bond acceptors (Lipinski definition) is 31. The van der Waals surface area contributed by atoms with Crippen LogP contribution >= 0.6 is 47.0 Å². The van der Waals surface area contributed by atoms with Crippen LogP contribution in [0.5, 0.6) is 40.2 Å². The monoisotopic (exact) mass is 2100 g/mol. The summed E-state index contributed by atoms with van der Waals surface area (Å²) in [7, 11) is 4.56. The van der Waals surface area contributed by atoms with Crippen LogP contribution < -0.4 is 54.4 Å². The van der Waals surface area contributed by atoms with Gasteiger partial charge in [0, 0.05) is 85.6 Å². The van der Waals surface area contributed by atoms with Gasteiger partial charge in [-0.3, -0.25) is 38.4 Å². The van der Waals surface area contributed by atoms with Gasteiger partial charge >= 0.3 is 45.1 Å². The molecule has 4 amide bonds. The highest BCUT2D eigenvalue weighted by atomic mass is 32.2. The van der Waals surface area contributed by atoms with Gasteiger partial charge in [-0.15, -0.1) is 0 Å². The lowest BCUT2D eigenvalue weighted by Crippen LogP contribution is -2.40. The molecule has 2 unspecified atom stereocenters. The van der Waals surface area contributed by atoms with Crippen molar-refractivity contribution in [3.05, 3.63) is 315 Å². The maximum atomic E-state index is 14.4. The van der Waals surface area contributed by atoms with E-state index in [2.05, 4.69) is 21.3 Å². The minimum atomic E-state index is -0.905. The second kappa shape index (κ2) is 58.2. The Bertz CT molecular complexity index is 6130. The fourth-order valence-electron chi connectivity index (χ4n) is 12.6. The number of thioether (sulfide) groups is 4. The van der Waals surface area contributed by atoms with Crippen molar-refractivity contribution in [3.63, 3.8) is 0 Å². The Morgan fingerprint density at radius 2 is 0.524 bits per heavy atom. The van der Waals surface area contributed by atoms with Gasteiger partial charge in [-0.2, -0.15) is 0 Å². The van der Waals surface area contributed by atoms with Crippen LogP contribution in [0.4, 0.5) is 45.5 Å². The summed E-state index contributed by atoms with van der Waals surface area (Å²) in [5, 5.41) is 6.55. The number of Topliss-reactive ketones (excluding diaryl/α,β-unsaturated/α-hetero) is 4. The number of carbonyl (C=O) groups is 16. The van der Waals surface area contributed by atoms with Gasteiger partial charge in [0.05, 0.1) is 45.5 Å². The average molecular weight is 2100 g/mol. The highest BCUT2D eigenvalue weighted by Crippen LogP contribution is 2.37. The number of halogens is 6. The Morgan fingerprint density at radius 1 is 0.272 bits per heavy atom. The number of nitrogens with one attached hydrogen (secondary N) is 4. The highest BCUT2D eigenvalue weighted by molar-refractivity contribution is 8.14. The molecule has 31 nitrogen and oxygen atoms in total. The normalized spacial score (nSPS) is 11.3. The van der Waals surface area contributed by atoms with Gasteiger partial charge < -0.3 is 73.4 Å². The maximum absolute atomic E-state index is 14.4. The molecule has 4 atom stereocenters. The minimum Gasteiger partial charge on any atom is -0.497 e. The van der Waals surface area contributed by atoms with E-state index in [4.69, 9.17) is 52.1 Å². The first-order valence-corrected chi connectivity index (χ1v) is 47.9. The fraction of sp³-hybridized carbons (Fsp3) is 0.226. The molecule has 0 saturated carbocycles. The van der Waals surface area contributed by atoms with E-state index in [0.717, 1.165) is 41.1 Å². The van der Waals surface area contributed by atoms with Crippen LogP contribution in [0.1, 0.15) is 125 Å². The second-order valence-electron chi connectivity index (χ2n) is 31.4. The van der Waals surface area contributed by atoms with Crippen molar-refractivity contribution in [2.24, 2.45) is 0 Å². The van der Waals surface area contributed by atoms with Crippen molar-refractivity contribution in [2.45, 2.75) is 113 Å². The molecule has 11 aromatic carbocycles. The maximum Gasteiger partial charge on any atom is 0.372 e. The first-order valence-electron chi connectivity index (χ1n) is 44.0. The van der Waals surface area contributed by atoms with E-state index in [1.807, 2.05) is 30.3 Å². The molecule has 0 aliphatic carbocycles. The molecular weight excluding hydrogens is 2000 g/mol. The average Bonchev–Trinajstić information content (AvgIpc) is 0.810. The molecule has 11 rings (SSSR count). The molecule has 0 heterocycles. The van der Waals surface area contributed by atoms with Crippen LogP contribution in [0, 0.1) is 41.8 Å². The molecule has 0 aliphatic rings. The molecular formula is C106H98F6N4O27S4. The topological polar surface area (TPSA) is 423 Å². The first-order chi connectivity index (χ1) is 70.0. The van der Waals surface area contributed by atoms with E-state index >= 15 is 0 Å². The van der Waals surface area contributed by atoms with Gasteiger partial charge in [0.15, 0.2) is 23.1 Å². The van der Waals surface area contributed by atoms with Crippen LogP contribution in [-0.4, -0.2) is 160 Å². The molecule has 0 fully saturated rings. The van der Waals surface area contributed by atoms with Crippen LogP contribution in [-0.2, 0) is 83.7 Å². The Labute approximate surface area is 856 Å². The number of amides is 4. The summed E-state index contributed by atoms with van der Waals surface area (Å²) in [5.74, 6) is -9.84. The van der Waals surface area contributed by atoms with Crippen molar-refractivity contribution in [3.8, 4) is 73.6 Å². The lowest BCUT2D eigenvalue weighted by Gasteiger charge is -2.15. The Kier molecular flexibility index (Phi) is 46.0. The van der Waals surface area contributed by atoms with E-state index in [1.165, 1.54) is 156 Å². The van der Waals surface area contributed by atoms with Crippen molar-refractivity contribution in [2.75, 3.05) is 44.3 Å². The predicted octanol–water partition coefficient (Wildman–Crippen LogP) is 19.6. The zero-order valence-corrected chi connectivity index (χ0v) is 84.1. The lowest BCUT2D eigenvalue weighted by molar-refractivity contribution is -0.125. The number of benzene rings is 11. The van der Waals surface area contributed by atoms with E-state index in [0.29, 0.717) is 87.4 Å². The highest BCUT2D eigenvalue weighted by Gasteiger charge is 2.30. The summed E-state index contributed by atoms with van der Waals surface area (Å²) in [6, 6.07) is 51.8. The number of ether oxygens (including phenoxy) is 11. The third-order valence-corrected chi connectivity index (χ3v) is 23.5. The summed E-state index contributed by atoms with van der Waals surface area (Å²) in [6.45, 7) is 11.7. The SMILES string of the molecule is CC(=O)NC(CSC(=O)Oc1cc(C)ccc1C(=O)OCc1ccccc1)C(C)=O.COc1ccc(COC(=O)c2cc(-c3ccc(F)cc3F)ccc2OC(=O)SCC(NC(C)=O)C(C)=O)cc1.COc1ccc(COC(=O)c2cc(-c3ccc(F)cc3F)ccc2OC(=O)SC[C@@H](NC(C)=O)C(C)=O)cc1.COc1ccc(COC(=O)c2cc(-c3ccc(F)cc3F)ccc2OC(=O)SC[C@H](NC(C)=O)C(C)=O)cc1. The Hall–Kier alpha value is -15.9. The van der Waals surface area contributed by atoms with Crippen molar-refractivity contribution in [1.29, 1.82) is 0 Å². The van der Waals surface area contributed by atoms with E-state index in [-0.39, 0.29) is 157 Å². The summed E-state index contributed by atoms with van der Waals surface area (Å²) in [6.07, 6.45) is 0. The molecule has 4 N–H and O–H groups in total. The second-order valence-corrected chi connectivity index (χ2v) is 35.3. The zero-order valence-electron chi connectivity index (χ0n) is 80.8. The van der Waals surface area contributed by atoms with Gasteiger partial charge in [-0.25, -0.2) is 64.7 Å². The number of carbonyl (C=O) groups excluding carboxylic acids is 16. The molecule has 0 spiro atoms. The molecule has 770 valence electrons. The molecule has 0 aromatic heterocycles.